The Balaban J connectivity index is 1.92. The minimum Gasteiger partial charge on any atom is -0.481 e. The second-order valence-electron chi connectivity index (χ2n) is 7.67. The summed E-state index contributed by atoms with van der Waals surface area (Å²) in [5.74, 6) is -5.63. The molecule has 1 aromatic heterocycles. The lowest BCUT2D eigenvalue weighted by Crippen LogP contribution is -2.56. The molecule has 0 aliphatic heterocycles. The highest BCUT2D eigenvalue weighted by Gasteiger charge is 2.30. The number of hydrogen-bond donors (Lipinski definition) is 8. The Morgan fingerprint density at radius 1 is 1.06 bits per heavy atom. The predicted molar refractivity (Wildman–Crippen MR) is 118 cm³/mol. The molecule has 13 heteroatoms. The number of benzene rings is 1. The molecule has 2 rings (SSSR count). The van der Waals surface area contributed by atoms with Crippen molar-refractivity contribution in [3.8, 4) is 0 Å². The van der Waals surface area contributed by atoms with Crippen molar-refractivity contribution in [1.82, 2.24) is 20.9 Å². The van der Waals surface area contributed by atoms with Gasteiger partial charge < -0.3 is 42.0 Å². The zero-order valence-electron chi connectivity index (χ0n) is 18.3. The zero-order valence-corrected chi connectivity index (χ0v) is 18.3. The van der Waals surface area contributed by atoms with Crippen molar-refractivity contribution in [2.45, 2.75) is 44.0 Å². The van der Waals surface area contributed by atoms with E-state index < -0.39 is 66.9 Å². The van der Waals surface area contributed by atoms with E-state index >= 15 is 0 Å². The molecular weight excluding hydrogens is 450 g/mol. The molecule has 2 aromatic rings. The molecule has 9 N–H and O–H groups in total. The molecular formula is C21H27N5O8. The first-order valence-electron chi connectivity index (χ1n) is 10.3. The number of aromatic nitrogens is 1. The van der Waals surface area contributed by atoms with Crippen LogP contribution in [-0.4, -0.2) is 80.7 Å². The quantitative estimate of drug-likeness (QED) is 0.170. The smallest absolute Gasteiger partial charge is 0.328 e. The third-order valence-corrected chi connectivity index (χ3v) is 4.95. The number of hydrogen-bond acceptors (Lipinski definition) is 7. The number of aliphatic hydroxyl groups excluding tert-OH is 1. The Morgan fingerprint density at radius 3 is 2.35 bits per heavy atom. The molecule has 0 fully saturated rings. The average Bonchev–Trinajstić information content (AvgIpc) is 3.17. The molecule has 4 unspecified atom stereocenters. The van der Waals surface area contributed by atoms with Crippen LogP contribution >= 0.6 is 0 Å². The first-order valence-corrected chi connectivity index (χ1v) is 10.3. The van der Waals surface area contributed by atoms with Gasteiger partial charge in [-0.25, -0.2) is 4.79 Å². The number of carbonyl (C=O) groups is 5. The molecule has 0 saturated carbocycles. The van der Waals surface area contributed by atoms with Crippen LogP contribution in [0.3, 0.4) is 0 Å². The van der Waals surface area contributed by atoms with Gasteiger partial charge in [0, 0.05) is 17.1 Å². The number of para-hydroxylation sites is 1. The van der Waals surface area contributed by atoms with E-state index in [-0.39, 0.29) is 6.42 Å². The fourth-order valence-electron chi connectivity index (χ4n) is 3.20. The summed E-state index contributed by atoms with van der Waals surface area (Å²) < 4.78 is 0. The fraction of sp³-hybridized carbons (Fsp3) is 0.381. The van der Waals surface area contributed by atoms with Gasteiger partial charge in [-0.3, -0.25) is 19.2 Å². The number of nitrogens with two attached hydrogens (primary N) is 1. The molecule has 3 amide bonds. The second kappa shape index (κ2) is 11.8. The van der Waals surface area contributed by atoms with Crippen molar-refractivity contribution in [3.63, 3.8) is 0 Å². The van der Waals surface area contributed by atoms with Crippen molar-refractivity contribution >= 4 is 40.6 Å². The number of carbonyl (C=O) groups excluding carboxylic acids is 3. The van der Waals surface area contributed by atoms with Crippen LogP contribution in [0.4, 0.5) is 0 Å². The molecule has 0 saturated heterocycles. The van der Waals surface area contributed by atoms with Gasteiger partial charge in [0.2, 0.25) is 17.7 Å². The number of amides is 3. The lowest BCUT2D eigenvalue weighted by Gasteiger charge is -2.22. The molecule has 184 valence electrons. The summed E-state index contributed by atoms with van der Waals surface area (Å²) in [6.07, 6.45) is -0.396. The van der Waals surface area contributed by atoms with Crippen molar-refractivity contribution in [3.05, 3.63) is 36.0 Å². The van der Waals surface area contributed by atoms with E-state index in [9.17, 15) is 29.1 Å². The largest absolute Gasteiger partial charge is 0.481 e. The first kappa shape index (κ1) is 26.3. The summed E-state index contributed by atoms with van der Waals surface area (Å²) in [5, 5.41) is 34.8. The van der Waals surface area contributed by atoms with Gasteiger partial charge in [0.15, 0.2) is 6.04 Å². The molecule has 34 heavy (non-hydrogen) atoms. The van der Waals surface area contributed by atoms with Gasteiger partial charge in [0.1, 0.15) is 6.04 Å². The Labute approximate surface area is 193 Å². The highest BCUT2D eigenvalue weighted by Crippen LogP contribution is 2.18. The summed E-state index contributed by atoms with van der Waals surface area (Å²) in [7, 11) is 0. The second-order valence-corrected chi connectivity index (χ2v) is 7.67. The third kappa shape index (κ3) is 7.28. The van der Waals surface area contributed by atoms with E-state index in [1.54, 1.807) is 6.20 Å². The number of nitrogens with one attached hydrogen (secondary N) is 4. The lowest BCUT2D eigenvalue weighted by atomic mass is 10.1. The highest BCUT2D eigenvalue weighted by atomic mass is 16.4. The SMILES string of the molecule is CC(O)C(NC(=O)C(CC(=O)O)NC(=O)CNC(=O)C(N)Cc1c[nH]c2ccccc12)C(=O)O. The van der Waals surface area contributed by atoms with Gasteiger partial charge in [-0.05, 0) is 25.0 Å². The van der Waals surface area contributed by atoms with Crippen LogP contribution in [0.2, 0.25) is 0 Å². The number of aliphatic carboxylic acids is 2. The fourth-order valence-corrected chi connectivity index (χ4v) is 3.20. The van der Waals surface area contributed by atoms with Gasteiger partial charge in [0.25, 0.3) is 0 Å². The van der Waals surface area contributed by atoms with Crippen LogP contribution in [0.25, 0.3) is 10.9 Å². The van der Waals surface area contributed by atoms with E-state index in [1.807, 2.05) is 29.6 Å². The topological polar surface area (TPSA) is 224 Å². The molecule has 0 bridgehead atoms. The van der Waals surface area contributed by atoms with Crippen LogP contribution < -0.4 is 21.7 Å². The number of rotatable bonds is 12. The van der Waals surface area contributed by atoms with Crippen LogP contribution in [-0.2, 0) is 30.4 Å². The molecule has 0 radical (unpaired) electrons. The van der Waals surface area contributed by atoms with Gasteiger partial charge in [-0.2, -0.15) is 0 Å². The number of carboxylic acids is 2. The van der Waals surface area contributed by atoms with Crippen LogP contribution in [0.5, 0.6) is 0 Å². The number of H-pyrrole nitrogens is 1. The number of aromatic amines is 1. The summed E-state index contributed by atoms with van der Waals surface area (Å²) in [6, 6.07) is 3.13. The molecule has 1 aromatic carbocycles. The minimum absolute atomic E-state index is 0.192. The maximum atomic E-state index is 12.3. The molecule has 4 atom stereocenters. The summed E-state index contributed by atoms with van der Waals surface area (Å²) in [5.41, 5.74) is 7.63. The Bertz CT molecular complexity index is 1070. The van der Waals surface area contributed by atoms with Crippen LogP contribution in [0.15, 0.2) is 30.5 Å². The average molecular weight is 477 g/mol. The standard InChI is InChI=1S/C21H27N5O8/c1-10(27)18(21(33)34)26-20(32)15(7-17(29)30)25-16(28)9-24-19(31)13(22)6-11-8-23-14-5-3-2-4-12(11)14/h2-5,8,10,13,15,18,23,27H,6-7,9,22H2,1H3,(H,24,31)(H,25,28)(H,26,32)(H,29,30)(H,33,34). The van der Waals surface area contributed by atoms with E-state index in [4.69, 9.17) is 15.9 Å². The monoisotopic (exact) mass is 477 g/mol. The Kier molecular flexibility index (Phi) is 9.10. The number of carboxylic acid groups (broad SMARTS) is 2. The van der Waals surface area contributed by atoms with Crippen molar-refractivity contribution in [2.24, 2.45) is 5.73 Å². The molecule has 13 nitrogen and oxygen atoms in total. The highest BCUT2D eigenvalue weighted by molar-refractivity contribution is 5.94. The Morgan fingerprint density at radius 2 is 1.74 bits per heavy atom. The molecule has 1 heterocycles. The van der Waals surface area contributed by atoms with Gasteiger partial charge in [-0.1, -0.05) is 18.2 Å². The molecule has 0 aliphatic carbocycles. The summed E-state index contributed by atoms with van der Waals surface area (Å²) in [6.45, 7) is 0.529. The lowest BCUT2D eigenvalue weighted by molar-refractivity contribution is -0.145. The van der Waals surface area contributed by atoms with E-state index in [0.717, 1.165) is 23.4 Å². The zero-order chi connectivity index (χ0) is 25.4. The third-order valence-electron chi connectivity index (χ3n) is 4.95. The number of aliphatic hydroxyl groups is 1. The Hall–Kier alpha value is -3.97. The van der Waals surface area contributed by atoms with Crippen molar-refractivity contribution < 1.29 is 39.3 Å². The molecule has 0 spiro atoms. The van der Waals surface area contributed by atoms with E-state index in [2.05, 4.69) is 15.6 Å². The van der Waals surface area contributed by atoms with Gasteiger partial charge in [-0.15, -0.1) is 0 Å². The van der Waals surface area contributed by atoms with Crippen LogP contribution in [0.1, 0.15) is 18.9 Å². The maximum absolute atomic E-state index is 12.3. The number of fused-ring (bicyclic) bond motifs is 1. The van der Waals surface area contributed by atoms with E-state index in [0.29, 0.717) is 0 Å². The van der Waals surface area contributed by atoms with Gasteiger partial charge >= 0.3 is 11.9 Å². The predicted octanol–water partition coefficient (Wildman–Crippen LogP) is -1.94. The van der Waals surface area contributed by atoms with Gasteiger partial charge in [0.05, 0.1) is 25.1 Å². The van der Waals surface area contributed by atoms with E-state index in [1.165, 1.54) is 0 Å². The summed E-state index contributed by atoms with van der Waals surface area (Å²) in [4.78, 5) is 62.1. The van der Waals surface area contributed by atoms with Crippen LogP contribution in [0, 0.1) is 0 Å². The minimum atomic E-state index is -1.71. The first-order chi connectivity index (χ1) is 16.0. The van der Waals surface area contributed by atoms with Crippen molar-refractivity contribution in [2.75, 3.05) is 6.54 Å². The summed E-state index contributed by atoms with van der Waals surface area (Å²) >= 11 is 0. The normalized spacial score (nSPS) is 14.4. The maximum Gasteiger partial charge on any atom is 0.328 e. The molecule has 0 aliphatic rings. The van der Waals surface area contributed by atoms with Crippen molar-refractivity contribution in [1.29, 1.82) is 0 Å².